The number of rotatable bonds is 4. The average Bonchev–Trinajstić information content (AvgIpc) is 3.15. The van der Waals surface area contributed by atoms with E-state index in [1.165, 1.54) is 0 Å². The fourth-order valence-corrected chi connectivity index (χ4v) is 2.98. The van der Waals surface area contributed by atoms with Crippen LogP contribution in [0.3, 0.4) is 0 Å². The maximum atomic E-state index is 12.0. The molecule has 0 fully saturated rings. The standard InChI is InChI=1S/C16H17NO3S/c1-11-13(17-15(20-11)14-8-5-9-21-14)10-19-16(18)12-6-3-2-4-7-12/h2-3,5,8-9,12H,4,6-7,10H2,1H3. The third-order valence-electron chi connectivity index (χ3n) is 3.58. The van der Waals surface area contributed by atoms with Gasteiger partial charge in [-0.15, -0.1) is 11.3 Å². The smallest absolute Gasteiger partial charge is 0.309 e. The number of aryl methyl sites for hydroxylation is 1. The minimum atomic E-state index is -0.139. The second kappa shape index (κ2) is 6.26. The fraction of sp³-hybridized carbons (Fsp3) is 0.375. The molecule has 2 heterocycles. The van der Waals surface area contributed by atoms with Gasteiger partial charge < -0.3 is 9.15 Å². The fourth-order valence-electron chi connectivity index (χ4n) is 2.33. The van der Waals surface area contributed by atoms with Crippen LogP contribution in [0.2, 0.25) is 0 Å². The van der Waals surface area contributed by atoms with Crippen LogP contribution >= 0.6 is 11.3 Å². The molecule has 21 heavy (non-hydrogen) atoms. The second-order valence-corrected chi connectivity index (χ2v) is 6.04. The molecule has 1 atom stereocenters. The maximum Gasteiger partial charge on any atom is 0.309 e. The largest absolute Gasteiger partial charge is 0.459 e. The number of hydrogen-bond donors (Lipinski definition) is 0. The van der Waals surface area contributed by atoms with E-state index in [9.17, 15) is 4.79 Å². The number of oxazole rings is 1. The molecule has 0 saturated heterocycles. The highest BCUT2D eigenvalue weighted by Crippen LogP contribution is 2.26. The maximum absolute atomic E-state index is 12.0. The summed E-state index contributed by atoms with van der Waals surface area (Å²) in [6.45, 7) is 2.02. The minimum Gasteiger partial charge on any atom is -0.459 e. The summed E-state index contributed by atoms with van der Waals surface area (Å²) >= 11 is 1.57. The van der Waals surface area contributed by atoms with Crippen molar-refractivity contribution in [1.82, 2.24) is 4.98 Å². The summed E-state index contributed by atoms with van der Waals surface area (Å²) < 4.78 is 11.0. The molecular weight excluding hydrogens is 286 g/mol. The summed E-state index contributed by atoms with van der Waals surface area (Å²) in [4.78, 5) is 17.4. The van der Waals surface area contributed by atoms with Crippen LogP contribution in [-0.4, -0.2) is 11.0 Å². The van der Waals surface area contributed by atoms with Crippen LogP contribution in [0.15, 0.2) is 34.1 Å². The Morgan fingerprint density at radius 2 is 2.43 bits per heavy atom. The Morgan fingerprint density at radius 1 is 1.52 bits per heavy atom. The van der Waals surface area contributed by atoms with Crippen LogP contribution in [0.25, 0.3) is 10.8 Å². The first-order valence-corrected chi connectivity index (χ1v) is 7.94. The molecule has 1 aliphatic rings. The summed E-state index contributed by atoms with van der Waals surface area (Å²) in [6.07, 6.45) is 6.75. The molecule has 0 aliphatic heterocycles. The van der Waals surface area contributed by atoms with E-state index >= 15 is 0 Å². The molecule has 1 unspecified atom stereocenters. The van der Waals surface area contributed by atoms with Crippen molar-refractivity contribution in [2.45, 2.75) is 32.8 Å². The van der Waals surface area contributed by atoms with E-state index in [1.807, 2.05) is 30.5 Å². The van der Waals surface area contributed by atoms with Crippen molar-refractivity contribution >= 4 is 17.3 Å². The summed E-state index contributed by atoms with van der Waals surface area (Å²) in [6, 6.07) is 3.91. The Hall–Kier alpha value is -1.88. The van der Waals surface area contributed by atoms with Gasteiger partial charge in [-0.1, -0.05) is 18.2 Å². The van der Waals surface area contributed by atoms with Crippen LogP contribution in [-0.2, 0) is 16.1 Å². The van der Waals surface area contributed by atoms with Gasteiger partial charge in [-0.3, -0.25) is 4.79 Å². The van der Waals surface area contributed by atoms with E-state index in [4.69, 9.17) is 9.15 Å². The first-order valence-electron chi connectivity index (χ1n) is 7.06. The van der Waals surface area contributed by atoms with Gasteiger partial charge in [-0.25, -0.2) is 4.98 Å². The number of esters is 1. The predicted octanol–water partition coefficient (Wildman–Crippen LogP) is 4.11. The van der Waals surface area contributed by atoms with Gasteiger partial charge in [0.25, 0.3) is 0 Å². The zero-order valence-electron chi connectivity index (χ0n) is 11.9. The zero-order valence-corrected chi connectivity index (χ0v) is 12.7. The van der Waals surface area contributed by atoms with Gasteiger partial charge in [0, 0.05) is 0 Å². The Bertz CT molecular complexity index is 643. The molecule has 110 valence electrons. The number of allylic oxidation sites excluding steroid dienone is 2. The molecular formula is C16H17NO3S. The number of aromatic nitrogens is 1. The van der Waals surface area contributed by atoms with Gasteiger partial charge >= 0.3 is 5.97 Å². The molecule has 0 aromatic carbocycles. The molecule has 5 heteroatoms. The molecule has 2 aromatic rings. The molecule has 2 aromatic heterocycles. The normalized spacial score (nSPS) is 17.9. The number of hydrogen-bond acceptors (Lipinski definition) is 5. The minimum absolute atomic E-state index is 0.0148. The SMILES string of the molecule is Cc1oc(-c2cccs2)nc1COC(=O)C1CC=CCC1. The second-order valence-electron chi connectivity index (χ2n) is 5.09. The number of ether oxygens (including phenoxy) is 1. The lowest BCUT2D eigenvalue weighted by molar-refractivity contribution is -0.150. The summed E-state index contributed by atoms with van der Waals surface area (Å²) in [5.41, 5.74) is 0.693. The molecule has 0 bridgehead atoms. The lowest BCUT2D eigenvalue weighted by Crippen LogP contribution is -2.18. The summed E-state index contributed by atoms with van der Waals surface area (Å²) in [5, 5.41) is 1.98. The van der Waals surface area contributed by atoms with E-state index in [1.54, 1.807) is 11.3 Å². The monoisotopic (exact) mass is 303 g/mol. The highest BCUT2D eigenvalue weighted by molar-refractivity contribution is 7.13. The summed E-state index contributed by atoms with van der Waals surface area (Å²) in [7, 11) is 0. The van der Waals surface area contributed by atoms with E-state index in [0.29, 0.717) is 17.3 Å². The zero-order chi connectivity index (χ0) is 14.7. The van der Waals surface area contributed by atoms with Gasteiger partial charge in [-0.2, -0.15) is 0 Å². The molecule has 0 saturated carbocycles. The predicted molar refractivity (Wildman–Crippen MR) is 80.8 cm³/mol. The van der Waals surface area contributed by atoms with Gasteiger partial charge in [-0.05, 0) is 37.6 Å². The molecule has 3 rings (SSSR count). The number of thiophene rings is 1. The van der Waals surface area contributed by atoms with Crippen molar-refractivity contribution in [3.8, 4) is 10.8 Å². The third kappa shape index (κ3) is 3.24. The van der Waals surface area contributed by atoms with Crippen LogP contribution in [0.1, 0.15) is 30.7 Å². The van der Waals surface area contributed by atoms with Crippen LogP contribution < -0.4 is 0 Å². The van der Waals surface area contributed by atoms with Crippen molar-refractivity contribution in [1.29, 1.82) is 0 Å². The number of carbonyl (C=O) groups excluding carboxylic acids is 1. The Labute approximate surface area is 127 Å². The highest BCUT2D eigenvalue weighted by atomic mass is 32.1. The molecule has 0 spiro atoms. The molecule has 1 aliphatic carbocycles. The summed E-state index contributed by atoms with van der Waals surface area (Å²) in [5.74, 6) is 1.14. The van der Waals surface area contributed by atoms with Crippen LogP contribution in [0, 0.1) is 12.8 Å². The van der Waals surface area contributed by atoms with Gasteiger partial charge in [0.15, 0.2) is 0 Å². The van der Waals surface area contributed by atoms with Crippen molar-refractivity contribution in [2.24, 2.45) is 5.92 Å². The van der Waals surface area contributed by atoms with Crippen molar-refractivity contribution in [3.05, 3.63) is 41.1 Å². The molecule has 0 N–H and O–H groups in total. The number of nitrogens with zero attached hydrogens (tertiary/aromatic N) is 1. The first-order chi connectivity index (χ1) is 10.2. The molecule has 0 radical (unpaired) electrons. The Kier molecular flexibility index (Phi) is 4.20. The van der Waals surface area contributed by atoms with E-state index < -0.39 is 0 Å². The van der Waals surface area contributed by atoms with E-state index in [-0.39, 0.29) is 18.5 Å². The molecule has 0 amide bonds. The van der Waals surface area contributed by atoms with Gasteiger partial charge in [0.05, 0.1) is 10.8 Å². The van der Waals surface area contributed by atoms with Gasteiger partial charge in [0.1, 0.15) is 18.1 Å². The Morgan fingerprint density at radius 3 is 3.14 bits per heavy atom. The Balaban J connectivity index is 1.63. The van der Waals surface area contributed by atoms with E-state index in [0.717, 1.165) is 24.1 Å². The van der Waals surface area contributed by atoms with Crippen LogP contribution in [0.5, 0.6) is 0 Å². The third-order valence-corrected chi connectivity index (χ3v) is 4.44. The lowest BCUT2D eigenvalue weighted by atomic mass is 9.95. The average molecular weight is 303 g/mol. The van der Waals surface area contributed by atoms with Crippen molar-refractivity contribution in [3.63, 3.8) is 0 Å². The lowest BCUT2D eigenvalue weighted by Gasteiger charge is -2.15. The quantitative estimate of drug-likeness (QED) is 0.630. The molecule has 4 nitrogen and oxygen atoms in total. The number of carbonyl (C=O) groups is 1. The topological polar surface area (TPSA) is 52.3 Å². The van der Waals surface area contributed by atoms with Gasteiger partial charge in [0.2, 0.25) is 5.89 Å². The van der Waals surface area contributed by atoms with Crippen molar-refractivity contribution in [2.75, 3.05) is 0 Å². The first kappa shape index (κ1) is 14.1. The van der Waals surface area contributed by atoms with Crippen LogP contribution in [0.4, 0.5) is 0 Å². The van der Waals surface area contributed by atoms with Crippen molar-refractivity contribution < 1.29 is 13.9 Å². The highest BCUT2D eigenvalue weighted by Gasteiger charge is 2.21. The van der Waals surface area contributed by atoms with E-state index in [2.05, 4.69) is 11.1 Å².